The van der Waals surface area contributed by atoms with Crippen LogP contribution in [0.15, 0.2) is 12.2 Å². The highest BCUT2D eigenvalue weighted by Gasteiger charge is 2.33. The zero-order valence-electron chi connectivity index (χ0n) is 14.6. The van der Waals surface area contributed by atoms with E-state index in [4.69, 9.17) is 4.74 Å². The van der Waals surface area contributed by atoms with E-state index in [1.807, 2.05) is 0 Å². The molecule has 0 spiro atoms. The number of aliphatic hydroxyl groups excluding tert-OH is 2. The van der Waals surface area contributed by atoms with Crippen molar-refractivity contribution in [2.45, 2.75) is 45.6 Å². The van der Waals surface area contributed by atoms with Gasteiger partial charge >= 0.3 is 0 Å². The van der Waals surface area contributed by atoms with E-state index in [2.05, 4.69) is 19.1 Å². The molecule has 6 heteroatoms. The topological polar surface area (TPSA) is 89.8 Å². The molecule has 1 atom stereocenters. The van der Waals surface area contributed by atoms with Gasteiger partial charge in [-0.25, -0.2) is 0 Å². The van der Waals surface area contributed by atoms with Crippen LogP contribution in [0.25, 0.3) is 0 Å². The molecular formula is C17H33NO5. The van der Waals surface area contributed by atoms with Crippen LogP contribution in [0.5, 0.6) is 0 Å². The molecule has 0 bridgehead atoms. The van der Waals surface area contributed by atoms with Crippen LogP contribution in [0.2, 0.25) is 0 Å². The van der Waals surface area contributed by atoms with Crippen LogP contribution in [0.1, 0.15) is 39.5 Å². The predicted molar refractivity (Wildman–Crippen MR) is 87.6 cm³/mol. The Balaban J connectivity index is 4.26. The van der Waals surface area contributed by atoms with E-state index >= 15 is 0 Å². The molecular weight excluding hydrogens is 298 g/mol. The van der Waals surface area contributed by atoms with Crippen molar-refractivity contribution in [2.24, 2.45) is 0 Å². The van der Waals surface area contributed by atoms with Gasteiger partial charge in [0, 0.05) is 6.61 Å². The number of hydrogen-bond acceptors (Lipinski definition) is 5. The zero-order chi connectivity index (χ0) is 17.6. The van der Waals surface area contributed by atoms with Crippen molar-refractivity contribution in [1.29, 1.82) is 0 Å². The van der Waals surface area contributed by atoms with Crippen LogP contribution in [-0.2, 0) is 9.53 Å². The molecule has 0 aliphatic carbocycles. The molecule has 0 saturated heterocycles. The Bertz CT molecular complexity index is 327. The van der Waals surface area contributed by atoms with Gasteiger partial charge in [0.15, 0.2) is 0 Å². The summed E-state index contributed by atoms with van der Waals surface area (Å²) < 4.78 is 5.67. The number of unbranched alkanes of at least 4 members (excludes halogenated alkanes) is 2. The molecule has 0 saturated carbocycles. The summed E-state index contributed by atoms with van der Waals surface area (Å²) in [6.07, 6.45) is 8.48. The summed E-state index contributed by atoms with van der Waals surface area (Å²) >= 11 is 0. The van der Waals surface area contributed by atoms with E-state index in [1.165, 1.54) is 0 Å². The Morgan fingerprint density at radius 3 is 2.26 bits per heavy atom. The summed E-state index contributed by atoms with van der Waals surface area (Å²) in [5.41, 5.74) is 0. The summed E-state index contributed by atoms with van der Waals surface area (Å²) in [7, 11) is 0. The number of hydrogen-bond donors (Lipinski definition) is 2. The Labute approximate surface area is 140 Å². The minimum Gasteiger partial charge on any atom is -0.544 e. The van der Waals surface area contributed by atoms with E-state index in [0.717, 1.165) is 25.7 Å². The maximum atomic E-state index is 11.2. The fraction of sp³-hybridized carbons (Fsp3) is 0.824. The number of carboxylic acids is 1. The standard InChI is InChI=1S/C17H33NO5/c1-3-4-5-6-7-8-14-23-15-11-18(9-12-19,10-13-20)16(2)17(21)22/h5-6,16,19-20H,3-4,7-15H2,1-2H3/b6-5+. The molecule has 0 fully saturated rings. The first-order valence-corrected chi connectivity index (χ1v) is 8.55. The van der Waals surface area contributed by atoms with Crippen molar-refractivity contribution >= 4 is 5.97 Å². The zero-order valence-corrected chi connectivity index (χ0v) is 14.6. The van der Waals surface area contributed by atoms with Crippen molar-refractivity contribution in [3.8, 4) is 0 Å². The van der Waals surface area contributed by atoms with Gasteiger partial charge < -0.3 is 29.3 Å². The number of carbonyl (C=O) groups is 1. The number of carbonyl (C=O) groups excluding carboxylic acids is 1. The minimum atomic E-state index is -1.17. The van der Waals surface area contributed by atoms with Gasteiger partial charge in [-0.15, -0.1) is 0 Å². The van der Waals surface area contributed by atoms with Gasteiger partial charge in [-0.05, 0) is 26.2 Å². The summed E-state index contributed by atoms with van der Waals surface area (Å²) in [5, 5.41) is 29.7. The number of aliphatic hydroxyl groups is 2. The minimum absolute atomic E-state index is 0.0751. The quantitative estimate of drug-likeness (QED) is 0.252. The lowest BCUT2D eigenvalue weighted by molar-refractivity contribution is -0.944. The van der Waals surface area contributed by atoms with Crippen molar-refractivity contribution in [2.75, 3.05) is 46.1 Å². The largest absolute Gasteiger partial charge is 0.544 e. The number of aliphatic carboxylic acids is 1. The summed E-state index contributed by atoms with van der Waals surface area (Å²) in [6, 6.07) is -0.796. The number of rotatable bonds is 15. The second-order valence-corrected chi connectivity index (χ2v) is 5.85. The monoisotopic (exact) mass is 331 g/mol. The molecule has 0 amide bonds. The molecule has 0 rings (SSSR count). The highest BCUT2D eigenvalue weighted by Crippen LogP contribution is 2.13. The molecule has 0 aromatic carbocycles. The molecule has 0 aliphatic rings. The summed E-state index contributed by atoms with van der Waals surface area (Å²) in [5.74, 6) is -1.17. The first-order chi connectivity index (χ1) is 11.0. The highest BCUT2D eigenvalue weighted by molar-refractivity contribution is 5.69. The Morgan fingerprint density at radius 1 is 1.13 bits per heavy atom. The fourth-order valence-corrected chi connectivity index (χ4v) is 2.59. The molecule has 136 valence electrons. The fourth-order valence-electron chi connectivity index (χ4n) is 2.59. The van der Waals surface area contributed by atoms with E-state index in [9.17, 15) is 20.1 Å². The van der Waals surface area contributed by atoms with Crippen LogP contribution in [-0.4, -0.2) is 72.8 Å². The van der Waals surface area contributed by atoms with Crippen molar-refractivity contribution in [1.82, 2.24) is 0 Å². The molecule has 0 aromatic rings. The third-order valence-electron chi connectivity index (χ3n) is 4.22. The molecule has 23 heavy (non-hydrogen) atoms. The molecule has 2 N–H and O–H groups in total. The number of allylic oxidation sites excluding steroid dienone is 2. The normalized spacial score (nSPS) is 13.6. The molecule has 6 nitrogen and oxygen atoms in total. The number of nitrogens with zero attached hydrogens (tertiary/aromatic N) is 1. The lowest BCUT2D eigenvalue weighted by atomic mass is 10.2. The van der Waals surface area contributed by atoms with Gasteiger partial charge in [0.05, 0.1) is 25.8 Å². The van der Waals surface area contributed by atoms with Crippen LogP contribution >= 0.6 is 0 Å². The first-order valence-electron chi connectivity index (χ1n) is 8.55. The van der Waals surface area contributed by atoms with Gasteiger partial charge in [-0.1, -0.05) is 25.5 Å². The molecule has 0 aromatic heterocycles. The van der Waals surface area contributed by atoms with Crippen molar-refractivity contribution < 1.29 is 29.3 Å². The van der Waals surface area contributed by atoms with Gasteiger partial charge in [0.2, 0.25) is 0 Å². The second-order valence-electron chi connectivity index (χ2n) is 5.85. The number of carboxylic acid groups (broad SMARTS) is 1. The predicted octanol–water partition coefficient (Wildman–Crippen LogP) is 0.0793. The average Bonchev–Trinajstić information content (AvgIpc) is 2.52. The third kappa shape index (κ3) is 9.05. The first kappa shape index (κ1) is 22.1. The van der Waals surface area contributed by atoms with E-state index in [1.54, 1.807) is 6.92 Å². The van der Waals surface area contributed by atoms with Crippen LogP contribution in [0, 0.1) is 0 Å². The highest BCUT2D eigenvalue weighted by atomic mass is 16.5. The lowest BCUT2D eigenvalue weighted by Crippen LogP contribution is -2.63. The maximum absolute atomic E-state index is 11.2. The number of quaternary nitrogens is 1. The van der Waals surface area contributed by atoms with Gasteiger partial charge in [-0.3, -0.25) is 0 Å². The molecule has 1 unspecified atom stereocenters. The van der Waals surface area contributed by atoms with Crippen LogP contribution < -0.4 is 5.11 Å². The van der Waals surface area contributed by atoms with Crippen molar-refractivity contribution in [3.05, 3.63) is 12.2 Å². The third-order valence-corrected chi connectivity index (χ3v) is 4.22. The van der Waals surface area contributed by atoms with E-state index < -0.39 is 12.0 Å². The summed E-state index contributed by atoms with van der Waals surface area (Å²) in [4.78, 5) is 11.2. The SMILES string of the molecule is CCC/C=C/CCCOCC[N+](CCO)(CCO)C(C)C(=O)[O-]. The maximum Gasteiger partial charge on any atom is 0.126 e. The van der Waals surface area contributed by atoms with E-state index in [0.29, 0.717) is 19.8 Å². The molecule has 0 radical (unpaired) electrons. The second kappa shape index (κ2) is 13.5. The van der Waals surface area contributed by atoms with Gasteiger partial charge in [0.1, 0.15) is 25.7 Å². The van der Waals surface area contributed by atoms with Crippen LogP contribution in [0.4, 0.5) is 0 Å². The average molecular weight is 331 g/mol. The number of ether oxygens (including phenoxy) is 1. The molecule has 0 aliphatic heterocycles. The van der Waals surface area contributed by atoms with Gasteiger partial charge in [0.25, 0.3) is 0 Å². The lowest BCUT2D eigenvalue weighted by Gasteiger charge is -2.43. The van der Waals surface area contributed by atoms with Gasteiger partial charge in [-0.2, -0.15) is 0 Å². The Morgan fingerprint density at radius 2 is 1.74 bits per heavy atom. The van der Waals surface area contributed by atoms with Crippen LogP contribution in [0.3, 0.4) is 0 Å². The summed E-state index contributed by atoms with van der Waals surface area (Å²) in [6.45, 7) is 5.40. The Kier molecular flexibility index (Phi) is 12.9. The smallest absolute Gasteiger partial charge is 0.126 e. The molecule has 0 heterocycles. The Hall–Kier alpha value is -0.950. The van der Waals surface area contributed by atoms with E-state index in [-0.39, 0.29) is 30.8 Å². The van der Waals surface area contributed by atoms with Crippen molar-refractivity contribution in [3.63, 3.8) is 0 Å².